The summed E-state index contributed by atoms with van der Waals surface area (Å²) in [6.45, 7) is 1.53. The van der Waals surface area contributed by atoms with Crippen molar-refractivity contribution in [2.75, 3.05) is 13.2 Å². The molecule has 1 N–H and O–H groups in total. The molecule has 134 valence electrons. The Balaban J connectivity index is 1.27. The van der Waals surface area contributed by atoms with E-state index in [1.54, 1.807) is 11.3 Å². The molecule has 1 aromatic carbocycles. The minimum absolute atomic E-state index is 0.0739. The minimum Gasteiger partial charge on any atom is -0.486 e. The van der Waals surface area contributed by atoms with Crippen LogP contribution >= 0.6 is 11.3 Å². The predicted octanol–water partition coefficient (Wildman–Crippen LogP) is 2.82. The van der Waals surface area contributed by atoms with Crippen molar-refractivity contribution in [2.45, 2.75) is 19.4 Å². The van der Waals surface area contributed by atoms with Crippen LogP contribution < -0.4 is 14.8 Å². The van der Waals surface area contributed by atoms with E-state index < -0.39 is 0 Å². The van der Waals surface area contributed by atoms with E-state index in [1.807, 2.05) is 35.0 Å². The number of rotatable bonds is 6. The molecule has 0 bridgehead atoms. The van der Waals surface area contributed by atoms with Gasteiger partial charge in [-0.2, -0.15) is 11.3 Å². The van der Waals surface area contributed by atoms with Crippen molar-refractivity contribution in [3.05, 3.63) is 46.5 Å². The van der Waals surface area contributed by atoms with Gasteiger partial charge in [0.2, 0.25) is 17.7 Å². The highest BCUT2D eigenvalue weighted by molar-refractivity contribution is 7.08. The molecule has 0 aliphatic carbocycles. The number of fused-ring (bicyclic) bond motifs is 1. The second-order valence-electron chi connectivity index (χ2n) is 5.77. The zero-order valence-corrected chi connectivity index (χ0v) is 14.8. The normalized spacial score (nSPS) is 12.8. The van der Waals surface area contributed by atoms with Crippen LogP contribution in [-0.4, -0.2) is 29.3 Å². The SMILES string of the molecule is O=C(CCc1nnc(-c2ccsc2)o1)NCc1ccc2c(c1)OCCO2. The summed E-state index contributed by atoms with van der Waals surface area (Å²) in [5, 5.41) is 14.8. The van der Waals surface area contributed by atoms with E-state index in [1.165, 1.54) is 0 Å². The second kappa shape index (κ2) is 7.57. The summed E-state index contributed by atoms with van der Waals surface area (Å²) in [4.78, 5) is 12.1. The molecule has 3 aromatic rings. The largest absolute Gasteiger partial charge is 0.486 e. The zero-order chi connectivity index (χ0) is 17.8. The lowest BCUT2D eigenvalue weighted by atomic mass is 10.2. The van der Waals surface area contributed by atoms with Crippen LogP contribution in [0.1, 0.15) is 17.9 Å². The number of thiophene rings is 1. The van der Waals surface area contributed by atoms with Crippen LogP contribution in [0.2, 0.25) is 0 Å². The fourth-order valence-electron chi connectivity index (χ4n) is 2.56. The Kier molecular flexibility index (Phi) is 4.83. The van der Waals surface area contributed by atoms with E-state index in [0.717, 1.165) is 22.6 Å². The van der Waals surface area contributed by atoms with Crippen LogP contribution in [0.4, 0.5) is 0 Å². The molecule has 0 saturated carbocycles. The van der Waals surface area contributed by atoms with Gasteiger partial charge in [-0.1, -0.05) is 6.07 Å². The molecule has 0 atom stereocenters. The van der Waals surface area contributed by atoms with Crippen LogP contribution in [0.25, 0.3) is 11.5 Å². The number of carbonyl (C=O) groups excluding carboxylic acids is 1. The molecule has 2 aromatic heterocycles. The summed E-state index contributed by atoms with van der Waals surface area (Å²) in [7, 11) is 0. The van der Waals surface area contributed by atoms with E-state index in [-0.39, 0.29) is 12.3 Å². The van der Waals surface area contributed by atoms with Crippen molar-refractivity contribution in [1.82, 2.24) is 15.5 Å². The summed E-state index contributed by atoms with van der Waals surface area (Å²) in [6.07, 6.45) is 0.694. The number of nitrogens with zero attached hydrogens (tertiary/aromatic N) is 2. The number of hydrogen-bond acceptors (Lipinski definition) is 7. The second-order valence-corrected chi connectivity index (χ2v) is 6.55. The molecule has 3 heterocycles. The van der Waals surface area contributed by atoms with E-state index >= 15 is 0 Å². The number of benzene rings is 1. The maximum atomic E-state index is 12.1. The van der Waals surface area contributed by atoms with Gasteiger partial charge in [0.15, 0.2) is 11.5 Å². The monoisotopic (exact) mass is 371 g/mol. The minimum atomic E-state index is -0.0739. The highest BCUT2D eigenvalue weighted by Gasteiger charge is 2.13. The van der Waals surface area contributed by atoms with E-state index in [9.17, 15) is 4.79 Å². The number of aryl methyl sites for hydroxylation is 1. The Morgan fingerprint density at radius 3 is 2.88 bits per heavy atom. The lowest BCUT2D eigenvalue weighted by Gasteiger charge is -2.18. The maximum absolute atomic E-state index is 12.1. The predicted molar refractivity (Wildman–Crippen MR) is 95.2 cm³/mol. The lowest BCUT2D eigenvalue weighted by molar-refractivity contribution is -0.121. The van der Waals surface area contributed by atoms with Crippen molar-refractivity contribution < 1.29 is 18.7 Å². The summed E-state index contributed by atoms with van der Waals surface area (Å²) in [6, 6.07) is 7.58. The Morgan fingerprint density at radius 1 is 1.15 bits per heavy atom. The summed E-state index contributed by atoms with van der Waals surface area (Å²) < 4.78 is 16.6. The van der Waals surface area contributed by atoms with Crippen molar-refractivity contribution in [1.29, 1.82) is 0 Å². The first-order valence-corrected chi connectivity index (χ1v) is 9.22. The molecule has 0 spiro atoms. The van der Waals surface area contributed by atoms with Crippen molar-refractivity contribution in [3.8, 4) is 23.0 Å². The fraction of sp³-hybridized carbons (Fsp3) is 0.278. The number of nitrogens with one attached hydrogen (secondary N) is 1. The van der Waals surface area contributed by atoms with Gasteiger partial charge in [-0.05, 0) is 29.1 Å². The molecule has 0 radical (unpaired) electrons. The highest BCUT2D eigenvalue weighted by Crippen LogP contribution is 2.30. The molecule has 1 amide bonds. The first-order chi connectivity index (χ1) is 12.8. The van der Waals surface area contributed by atoms with Gasteiger partial charge >= 0.3 is 0 Å². The zero-order valence-electron chi connectivity index (χ0n) is 13.9. The van der Waals surface area contributed by atoms with Gasteiger partial charge in [0.05, 0.1) is 0 Å². The van der Waals surface area contributed by atoms with E-state index in [2.05, 4.69) is 15.5 Å². The van der Waals surface area contributed by atoms with Gasteiger partial charge < -0.3 is 19.2 Å². The van der Waals surface area contributed by atoms with Crippen LogP contribution in [0.15, 0.2) is 39.4 Å². The number of hydrogen-bond donors (Lipinski definition) is 1. The Labute approximate surface area is 154 Å². The summed E-state index contributed by atoms with van der Waals surface area (Å²) >= 11 is 1.57. The topological polar surface area (TPSA) is 86.5 Å². The molecule has 4 rings (SSSR count). The first-order valence-electron chi connectivity index (χ1n) is 8.28. The quantitative estimate of drug-likeness (QED) is 0.717. The molecular weight excluding hydrogens is 354 g/mol. The number of amides is 1. The average Bonchev–Trinajstić information content (AvgIpc) is 3.36. The smallest absolute Gasteiger partial charge is 0.248 e. The molecule has 1 aliphatic heterocycles. The Hall–Kier alpha value is -2.87. The third kappa shape index (κ3) is 3.85. The molecular formula is C18H17N3O4S. The van der Waals surface area contributed by atoms with Gasteiger partial charge in [-0.25, -0.2) is 0 Å². The number of carbonyl (C=O) groups is 1. The Bertz CT molecular complexity index is 892. The third-order valence-electron chi connectivity index (χ3n) is 3.90. The average molecular weight is 371 g/mol. The first kappa shape index (κ1) is 16.6. The molecule has 8 heteroatoms. The van der Waals surface area contributed by atoms with Crippen LogP contribution in [0.5, 0.6) is 11.5 Å². The van der Waals surface area contributed by atoms with Crippen LogP contribution in [-0.2, 0) is 17.8 Å². The van der Waals surface area contributed by atoms with Crippen molar-refractivity contribution in [3.63, 3.8) is 0 Å². The lowest BCUT2D eigenvalue weighted by Crippen LogP contribution is -2.23. The van der Waals surface area contributed by atoms with Crippen LogP contribution in [0.3, 0.4) is 0 Å². The molecule has 1 aliphatic rings. The van der Waals surface area contributed by atoms with Gasteiger partial charge in [0, 0.05) is 30.3 Å². The molecule has 0 fully saturated rings. The highest BCUT2D eigenvalue weighted by atomic mass is 32.1. The summed E-state index contributed by atoms with van der Waals surface area (Å²) in [5.74, 6) is 2.33. The molecule has 0 unspecified atom stereocenters. The van der Waals surface area contributed by atoms with Gasteiger partial charge in [-0.15, -0.1) is 10.2 Å². The van der Waals surface area contributed by atoms with Crippen LogP contribution in [0, 0.1) is 0 Å². The third-order valence-corrected chi connectivity index (χ3v) is 4.58. The fourth-order valence-corrected chi connectivity index (χ4v) is 3.19. The van der Waals surface area contributed by atoms with Crippen molar-refractivity contribution >= 4 is 17.2 Å². The molecule has 0 saturated heterocycles. The number of aromatic nitrogens is 2. The van der Waals surface area contributed by atoms with Crippen molar-refractivity contribution in [2.24, 2.45) is 0 Å². The van der Waals surface area contributed by atoms with Gasteiger partial charge in [-0.3, -0.25) is 4.79 Å². The Morgan fingerprint density at radius 2 is 2.04 bits per heavy atom. The molecule has 7 nitrogen and oxygen atoms in total. The van der Waals surface area contributed by atoms with E-state index in [0.29, 0.717) is 38.0 Å². The van der Waals surface area contributed by atoms with E-state index in [4.69, 9.17) is 13.9 Å². The number of ether oxygens (including phenoxy) is 2. The standard InChI is InChI=1S/C18H17N3O4S/c22-16(3-4-17-20-21-18(25-17)13-5-8-26-11-13)19-10-12-1-2-14-15(9-12)24-7-6-23-14/h1-2,5,8-9,11H,3-4,6-7,10H2,(H,19,22). The molecule has 26 heavy (non-hydrogen) atoms. The van der Waals surface area contributed by atoms with Gasteiger partial charge in [0.25, 0.3) is 0 Å². The van der Waals surface area contributed by atoms with Gasteiger partial charge in [0.1, 0.15) is 13.2 Å². The maximum Gasteiger partial charge on any atom is 0.248 e. The summed E-state index contributed by atoms with van der Waals surface area (Å²) in [5.41, 5.74) is 1.86.